The van der Waals surface area contributed by atoms with Crippen LogP contribution in [-0.4, -0.2) is 30.8 Å². The number of hydrogen-bond donors (Lipinski definition) is 3. The molecule has 2 unspecified atom stereocenters. The minimum atomic E-state index is -0.219. The number of hydrogen-bond acceptors (Lipinski definition) is 4. The molecule has 1 aromatic rings. The van der Waals surface area contributed by atoms with Gasteiger partial charge < -0.3 is 20.9 Å². The van der Waals surface area contributed by atoms with Gasteiger partial charge in [0, 0.05) is 12.2 Å². The molecule has 2 rings (SSSR count). The number of nitrogen functional groups attached to an aromatic ring is 1. The second kappa shape index (κ2) is 5.93. The Balaban J connectivity index is 1.97. The van der Waals surface area contributed by atoms with Gasteiger partial charge in [0.1, 0.15) is 5.75 Å². The maximum absolute atomic E-state index is 12.1. The smallest absolute Gasteiger partial charge is 0.255 e. The van der Waals surface area contributed by atoms with E-state index in [0.717, 1.165) is 19.3 Å². The van der Waals surface area contributed by atoms with Gasteiger partial charge in [0.25, 0.3) is 5.91 Å². The summed E-state index contributed by atoms with van der Waals surface area (Å²) >= 11 is 0. The molecular formula is C14H20N2O3. The number of aliphatic hydroxyl groups is 1. The molecule has 4 N–H and O–H groups in total. The lowest BCUT2D eigenvalue weighted by Crippen LogP contribution is -2.29. The summed E-state index contributed by atoms with van der Waals surface area (Å²) in [5, 5.41) is 12.3. The minimum absolute atomic E-state index is 0.189. The summed E-state index contributed by atoms with van der Waals surface area (Å²) < 4.78 is 5.15. The van der Waals surface area contributed by atoms with Crippen molar-refractivity contribution >= 4 is 11.6 Å². The zero-order valence-electron chi connectivity index (χ0n) is 11.1. The predicted octanol–water partition coefficient (Wildman–Crippen LogP) is 1.17. The molecular weight excluding hydrogens is 244 g/mol. The van der Waals surface area contributed by atoms with Crippen molar-refractivity contribution in [1.29, 1.82) is 0 Å². The lowest BCUT2D eigenvalue weighted by Gasteiger charge is -2.13. The van der Waals surface area contributed by atoms with Crippen LogP contribution in [0.2, 0.25) is 0 Å². The van der Waals surface area contributed by atoms with Gasteiger partial charge in [-0.25, -0.2) is 0 Å². The fraction of sp³-hybridized carbons (Fsp3) is 0.500. The topological polar surface area (TPSA) is 84.6 Å². The number of nitrogens with two attached hydrogens (primary N) is 1. The monoisotopic (exact) mass is 264 g/mol. The third-order valence-corrected chi connectivity index (χ3v) is 3.53. The maximum atomic E-state index is 12.1. The van der Waals surface area contributed by atoms with Crippen LogP contribution in [0.25, 0.3) is 0 Å². The van der Waals surface area contributed by atoms with Crippen molar-refractivity contribution in [2.45, 2.75) is 25.4 Å². The van der Waals surface area contributed by atoms with Crippen LogP contribution in [0.4, 0.5) is 5.69 Å². The summed E-state index contributed by atoms with van der Waals surface area (Å²) in [6.07, 6.45) is 2.32. The highest BCUT2D eigenvalue weighted by atomic mass is 16.5. The first-order chi connectivity index (χ1) is 9.10. The molecule has 0 radical (unpaired) electrons. The first kappa shape index (κ1) is 13.7. The van der Waals surface area contributed by atoms with Gasteiger partial charge in [0.05, 0.1) is 18.8 Å². The van der Waals surface area contributed by atoms with Crippen molar-refractivity contribution in [3.8, 4) is 5.75 Å². The second-order valence-corrected chi connectivity index (χ2v) is 5.00. The van der Waals surface area contributed by atoms with Crippen molar-refractivity contribution in [2.24, 2.45) is 5.92 Å². The molecule has 1 aliphatic carbocycles. The van der Waals surface area contributed by atoms with Crippen LogP contribution >= 0.6 is 0 Å². The molecule has 0 heterocycles. The largest absolute Gasteiger partial charge is 0.496 e. The van der Waals surface area contributed by atoms with Gasteiger partial charge in [-0.05, 0) is 43.4 Å². The van der Waals surface area contributed by atoms with E-state index >= 15 is 0 Å². The van der Waals surface area contributed by atoms with E-state index in [1.54, 1.807) is 18.2 Å². The Kier molecular flexibility index (Phi) is 4.27. The van der Waals surface area contributed by atoms with Gasteiger partial charge in [0.15, 0.2) is 0 Å². The number of methoxy groups -OCH3 is 1. The first-order valence-corrected chi connectivity index (χ1v) is 6.50. The quantitative estimate of drug-likeness (QED) is 0.713. The Labute approximate surface area is 112 Å². The van der Waals surface area contributed by atoms with Crippen LogP contribution in [0.3, 0.4) is 0 Å². The Bertz CT molecular complexity index is 462. The van der Waals surface area contributed by atoms with Gasteiger partial charge in [-0.1, -0.05) is 0 Å². The lowest BCUT2D eigenvalue weighted by atomic mass is 10.1. The SMILES string of the molecule is COc1ccc(N)cc1C(=O)NCC1CCC(O)C1. The zero-order chi connectivity index (χ0) is 13.8. The van der Waals surface area contributed by atoms with Gasteiger partial charge in [-0.2, -0.15) is 0 Å². The molecule has 5 nitrogen and oxygen atoms in total. The molecule has 1 fully saturated rings. The number of anilines is 1. The molecule has 5 heteroatoms. The van der Waals surface area contributed by atoms with E-state index in [0.29, 0.717) is 29.5 Å². The summed E-state index contributed by atoms with van der Waals surface area (Å²) in [7, 11) is 1.52. The summed E-state index contributed by atoms with van der Waals surface area (Å²) in [5.74, 6) is 0.676. The van der Waals surface area contributed by atoms with E-state index < -0.39 is 0 Å². The van der Waals surface area contributed by atoms with Crippen molar-refractivity contribution in [3.05, 3.63) is 23.8 Å². The molecule has 1 saturated carbocycles. The predicted molar refractivity (Wildman–Crippen MR) is 73.1 cm³/mol. The Morgan fingerprint density at radius 2 is 2.32 bits per heavy atom. The van der Waals surface area contributed by atoms with E-state index in [-0.39, 0.29) is 12.0 Å². The number of benzene rings is 1. The fourth-order valence-electron chi connectivity index (χ4n) is 2.47. The van der Waals surface area contributed by atoms with Crippen LogP contribution in [0.5, 0.6) is 5.75 Å². The Hall–Kier alpha value is -1.75. The molecule has 0 saturated heterocycles. The third-order valence-electron chi connectivity index (χ3n) is 3.53. The lowest BCUT2D eigenvalue weighted by molar-refractivity contribution is 0.0942. The van der Waals surface area contributed by atoms with Crippen LogP contribution in [0.15, 0.2) is 18.2 Å². The Morgan fingerprint density at radius 1 is 1.53 bits per heavy atom. The first-order valence-electron chi connectivity index (χ1n) is 6.50. The molecule has 104 valence electrons. The molecule has 0 spiro atoms. The number of nitrogens with one attached hydrogen (secondary N) is 1. The van der Waals surface area contributed by atoms with E-state index in [1.165, 1.54) is 7.11 Å². The highest BCUT2D eigenvalue weighted by Crippen LogP contribution is 2.25. The van der Waals surface area contributed by atoms with Crippen LogP contribution in [0.1, 0.15) is 29.6 Å². The number of ether oxygens (including phenoxy) is 1. The molecule has 2 atom stereocenters. The summed E-state index contributed by atoms with van der Waals surface area (Å²) in [6.45, 7) is 0.577. The number of carbonyl (C=O) groups excluding carboxylic acids is 1. The highest BCUT2D eigenvalue weighted by Gasteiger charge is 2.23. The van der Waals surface area contributed by atoms with Crippen LogP contribution < -0.4 is 15.8 Å². The van der Waals surface area contributed by atoms with Gasteiger partial charge in [-0.3, -0.25) is 4.79 Å². The van der Waals surface area contributed by atoms with Crippen molar-refractivity contribution in [3.63, 3.8) is 0 Å². The maximum Gasteiger partial charge on any atom is 0.255 e. The Morgan fingerprint density at radius 3 is 2.95 bits per heavy atom. The van der Waals surface area contributed by atoms with Gasteiger partial charge >= 0.3 is 0 Å². The molecule has 1 aromatic carbocycles. The molecule has 1 aliphatic rings. The zero-order valence-corrected chi connectivity index (χ0v) is 11.1. The van der Waals surface area contributed by atoms with E-state index in [2.05, 4.69) is 5.32 Å². The molecule has 1 amide bonds. The van der Waals surface area contributed by atoms with Crippen LogP contribution in [-0.2, 0) is 0 Å². The minimum Gasteiger partial charge on any atom is -0.496 e. The van der Waals surface area contributed by atoms with Gasteiger partial charge in [-0.15, -0.1) is 0 Å². The standard InChI is InChI=1S/C14H20N2O3/c1-19-13-5-3-10(15)7-12(13)14(18)16-8-9-2-4-11(17)6-9/h3,5,7,9,11,17H,2,4,6,8,15H2,1H3,(H,16,18). The number of amides is 1. The van der Waals surface area contributed by atoms with Crippen molar-refractivity contribution in [1.82, 2.24) is 5.32 Å². The number of carbonyl (C=O) groups is 1. The summed E-state index contributed by atoms with van der Waals surface area (Å²) in [4.78, 5) is 12.1. The van der Waals surface area contributed by atoms with E-state index in [9.17, 15) is 9.90 Å². The molecule has 0 bridgehead atoms. The molecule has 19 heavy (non-hydrogen) atoms. The molecule has 0 aliphatic heterocycles. The van der Waals surface area contributed by atoms with E-state index in [1.807, 2.05) is 0 Å². The third kappa shape index (κ3) is 3.38. The second-order valence-electron chi connectivity index (χ2n) is 5.00. The number of aliphatic hydroxyl groups excluding tert-OH is 1. The average Bonchev–Trinajstić information content (AvgIpc) is 2.81. The number of rotatable bonds is 4. The van der Waals surface area contributed by atoms with Crippen molar-refractivity contribution in [2.75, 3.05) is 19.4 Å². The van der Waals surface area contributed by atoms with Gasteiger partial charge in [0.2, 0.25) is 0 Å². The average molecular weight is 264 g/mol. The molecule has 0 aromatic heterocycles. The normalized spacial score (nSPS) is 22.2. The fourth-order valence-corrected chi connectivity index (χ4v) is 2.47. The van der Waals surface area contributed by atoms with Crippen LogP contribution in [0, 0.1) is 5.92 Å². The summed E-state index contributed by atoms with van der Waals surface area (Å²) in [6, 6.07) is 4.99. The summed E-state index contributed by atoms with van der Waals surface area (Å²) in [5.41, 5.74) is 6.66. The van der Waals surface area contributed by atoms with Crippen molar-refractivity contribution < 1.29 is 14.6 Å². The highest BCUT2D eigenvalue weighted by molar-refractivity contribution is 5.97. The van der Waals surface area contributed by atoms with E-state index in [4.69, 9.17) is 10.5 Å².